The Bertz CT molecular complexity index is 533. The van der Waals surface area contributed by atoms with E-state index in [0.717, 1.165) is 0 Å². The molecule has 1 heterocycles. The van der Waals surface area contributed by atoms with Gasteiger partial charge in [-0.1, -0.05) is 0 Å². The van der Waals surface area contributed by atoms with Crippen LogP contribution in [0, 0.1) is 18.0 Å². The number of pyridine rings is 1. The number of ether oxygens (including phenoxy) is 1. The smallest absolute Gasteiger partial charge is 0.307 e. The van der Waals surface area contributed by atoms with Gasteiger partial charge in [-0.2, -0.15) is 4.73 Å². The number of carboxylic acids is 1. The summed E-state index contributed by atoms with van der Waals surface area (Å²) in [6.07, 6.45) is -0.277. The second-order valence-corrected chi connectivity index (χ2v) is 5.98. The maximum absolute atomic E-state index is 11.8. The van der Waals surface area contributed by atoms with Crippen LogP contribution in [0.5, 0.6) is 0 Å². The molecule has 6 nitrogen and oxygen atoms in total. The van der Waals surface area contributed by atoms with E-state index in [2.05, 4.69) is 0 Å². The van der Waals surface area contributed by atoms with Crippen LogP contribution >= 0.6 is 0 Å². The van der Waals surface area contributed by atoms with Gasteiger partial charge in [0, 0.05) is 25.5 Å². The van der Waals surface area contributed by atoms with E-state index in [1.807, 2.05) is 0 Å². The fraction of sp³-hybridized carbons (Fsp3) is 0.533. The minimum absolute atomic E-state index is 0.0141. The van der Waals surface area contributed by atoms with Gasteiger partial charge in [0.1, 0.15) is 5.60 Å². The molecule has 1 aromatic heterocycles. The third-order valence-electron chi connectivity index (χ3n) is 2.85. The number of hydrogen-bond acceptors (Lipinski definition) is 4. The number of carboxylic acid groups (broad SMARTS) is 1. The molecule has 0 saturated carbocycles. The second-order valence-electron chi connectivity index (χ2n) is 5.98. The molecule has 6 heteroatoms. The lowest BCUT2D eigenvalue weighted by atomic mass is 9.99. The van der Waals surface area contributed by atoms with Gasteiger partial charge in [-0.05, 0) is 26.8 Å². The van der Waals surface area contributed by atoms with Crippen LogP contribution in [0.1, 0.15) is 38.6 Å². The van der Waals surface area contributed by atoms with Gasteiger partial charge in [-0.25, -0.2) is 0 Å². The quantitative estimate of drug-likeness (QED) is 0.506. The minimum atomic E-state index is -1.12. The van der Waals surface area contributed by atoms with E-state index in [9.17, 15) is 19.9 Å². The van der Waals surface area contributed by atoms with E-state index in [1.54, 1.807) is 45.9 Å². The highest BCUT2D eigenvalue weighted by Gasteiger charge is 2.27. The number of esters is 1. The Labute approximate surface area is 123 Å². The topological polar surface area (TPSA) is 90.5 Å². The molecule has 0 fully saturated rings. The lowest BCUT2D eigenvalue weighted by molar-refractivity contribution is -0.621. The molecule has 21 heavy (non-hydrogen) atoms. The standard InChI is InChI=1S/C15H21NO5/c1-10-6-5-7-12(16(10)20)8-11(14(18)19)9-13(17)21-15(2,3)4/h5-7,11H,8-9H2,1-4H3,(H,18,19)/t11-/m1/s1. The minimum Gasteiger partial charge on any atom is -0.618 e. The van der Waals surface area contributed by atoms with Crippen LogP contribution in [-0.4, -0.2) is 22.6 Å². The Morgan fingerprint density at radius 2 is 2.00 bits per heavy atom. The summed E-state index contributed by atoms with van der Waals surface area (Å²) in [4.78, 5) is 23.0. The molecule has 1 rings (SSSR count). The molecule has 0 spiro atoms. The van der Waals surface area contributed by atoms with E-state index in [1.165, 1.54) is 0 Å². The summed E-state index contributed by atoms with van der Waals surface area (Å²) in [5.41, 5.74) is 0.141. The molecule has 0 bridgehead atoms. The molecule has 116 valence electrons. The Morgan fingerprint density at radius 3 is 2.52 bits per heavy atom. The first-order valence-corrected chi connectivity index (χ1v) is 6.73. The van der Waals surface area contributed by atoms with Gasteiger partial charge in [-0.15, -0.1) is 0 Å². The first-order valence-electron chi connectivity index (χ1n) is 6.73. The molecule has 0 saturated heterocycles. The highest BCUT2D eigenvalue weighted by molar-refractivity contribution is 5.79. The van der Waals surface area contributed by atoms with E-state index in [4.69, 9.17) is 4.74 Å². The fourth-order valence-electron chi connectivity index (χ4n) is 1.89. The molecular formula is C15H21NO5. The Hall–Kier alpha value is -2.11. The fourth-order valence-corrected chi connectivity index (χ4v) is 1.89. The number of aryl methyl sites for hydroxylation is 1. The molecule has 0 aliphatic carbocycles. The van der Waals surface area contributed by atoms with Crippen molar-refractivity contribution in [2.24, 2.45) is 5.92 Å². The third-order valence-corrected chi connectivity index (χ3v) is 2.85. The number of rotatable bonds is 5. The summed E-state index contributed by atoms with van der Waals surface area (Å²) < 4.78 is 5.81. The predicted molar refractivity (Wildman–Crippen MR) is 75.4 cm³/mol. The van der Waals surface area contributed by atoms with E-state index >= 15 is 0 Å². The normalized spacial score (nSPS) is 12.8. The third kappa shape index (κ3) is 5.41. The van der Waals surface area contributed by atoms with Crippen molar-refractivity contribution < 1.29 is 24.2 Å². The maximum Gasteiger partial charge on any atom is 0.307 e. The van der Waals surface area contributed by atoms with Crippen LogP contribution in [0.25, 0.3) is 0 Å². The Kier molecular flexibility index (Phi) is 5.29. The van der Waals surface area contributed by atoms with Gasteiger partial charge in [0.15, 0.2) is 11.4 Å². The zero-order valence-corrected chi connectivity index (χ0v) is 12.8. The monoisotopic (exact) mass is 295 g/mol. The number of carbonyl (C=O) groups excluding carboxylic acids is 1. The zero-order valence-electron chi connectivity index (χ0n) is 12.8. The Morgan fingerprint density at radius 1 is 1.38 bits per heavy atom. The van der Waals surface area contributed by atoms with E-state index in [0.29, 0.717) is 16.1 Å². The van der Waals surface area contributed by atoms with Gasteiger partial charge in [0.05, 0.1) is 12.3 Å². The summed E-state index contributed by atoms with van der Waals surface area (Å²) in [7, 11) is 0. The molecule has 1 N–H and O–H groups in total. The highest BCUT2D eigenvalue weighted by Crippen LogP contribution is 2.15. The molecule has 0 amide bonds. The molecule has 0 aromatic carbocycles. The molecule has 0 radical (unpaired) electrons. The Balaban J connectivity index is 2.82. The van der Waals surface area contributed by atoms with Crippen molar-refractivity contribution in [3.63, 3.8) is 0 Å². The maximum atomic E-state index is 11.8. The van der Waals surface area contributed by atoms with Crippen molar-refractivity contribution in [3.8, 4) is 0 Å². The van der Waals surface area contributed by atoms with Crippen LogP contribution < -0.4 is 4.73 Å². The number of carbonyl (C=O) groups is 2. The molecular weight excluding hydrogens is 274 g/mol. The number of aliphatic carboxylic acids is 1. The molecule has 0 aliphatic rings. The van der Waals surface area contributed by atoms with Crippen molar-refractivity contribution in [1.82, 2.24) is 0 Å². The molecule has 1 atom stereocenters. The summed E-state index contributed by atoms with van der Waals surface area (Å²) >= 11 is 0. The average Bonchev–Trinajstić information content (AvgIpc) is 2.31. The SMILES string of the molecule is Cc1cccc(C[C@H](CC(=O)OC(C)(C)C)C(=O)O)[n+]1[O-]. The van der Waals surface area contributed by atoms with Crippen LogP contribution in [0.2, 0.25) is 0 Å². The van der Waals surface area contributed by atoms with Crippen LogP contribution in [-0.2, 0) is 20.7 Å². The van der Waals surface area contributed by atoms with Crippen molar-refractivity contribution >= 4 is 11.9 Å². The highest BCUT2D eigenvalue weighted by atomic mass is 16.6. The number of nitrogens with zero attached hydrogens (tertiary/aromatic N) is 1. The molecule has 0 aliphatic heterocycles. The summed E-state index contributed by atoms with van der Waals surface area (Å²) in [5, 5.41) is 21.1. The van der Waals surface area contributed by atoms with Crippen molar-refractivity contribution in [1.29, 1.82) is 0 Å². The first kappa shape index (κ1) is 16.9. The average molecular weight is 295 g/mol. The zero-order chi connectivity index (χ0) is 16.2. The van der Waals surface area contributed by atoms with Crippen LogP contribution in [0.3, 0.4) is 0 Å². The van der Waals surface area contributed by atoms with Gasteiger partial charge in [0.25, 0.3) is 0 Å². The van der Waals surface area contributed by atoms with Crippen LogP contribution in [0.4, 0.5) is 0 Å². The predicted octanol–water partition coefficient (Wildman–Crippen LogP) is 1.60. The van der Waals surface area contributed by atoms with E-state index in [-0.39, 0.29) is 12.8 Å². The first-order chi connectivity index (χ1) is 9.60. The summed E-state index contributed by atoms with van der Waals surface area (Å²) in [5.74, 6) is -2.69. The largest absolute Gasteiger partial charge is 0.618 e. The lowest BCUT2D eigenvalue weighted by Gasteiger charge is -2.20. The molecule has 0 unspecified atom stereocenters. The lowest BCUT2D eigenvalue weighted by Crippen LogP contribution is -2.37. The van der Waals surface area contributed by atoms with Gasteiger partial charge >= 0.3 is 11.9 Å². The van der Waals surface area contributed by atoms with Crippen molar-refractivity contribution in [2.75, 3.05) is 0 Å². The summed E-state index contributed by atoms with van der Waals surface area (Å²) in [6, 6.07) is 4.89. The van der Waals surface area contributed by atoms with Crippen molar-refractivity contribution in [3.05, 3.63) is 34.8 Å². The van der Waals surface area contributed by atoms with Gasteiger partial charge < -0.3 is 15.1 Å². The van der Waals surface area contributed by atoms with Crippen molar-refractivity contribution in [2.45, 2.75) is 46.1 Å². The second kappa shape index (κ2) is 6.56. The van der Waals surface area contributed by atoms with Crippen LogP contribution in [0.15, 0.2) is 18.2 Å². The van der Waals surface area contributed by atoms with Gasteiger partial charge in [0.2, 0.25) is 0 Å². The van der Waals surface area contributed by atoms with E-state index < -0.39 is 23.5 Å². The number of hydrogen-bond donors (Lipinski definition) is 1. The summed E-state index contributed by atoms with van der Waals surface area (Å²) in [6.45, 7) is 6.78. The number of aromatic nitrogens is 1. The molecule has 1 aromatic rings. The van der Waals surface area contributed by atoms with Gasteiger partial charge in [-0.3, -0.25) is 9.59 Å².